The van der Waals surface area contributed by atoms with Crippen molar-refractivity contribution in [3.05, 3.63) is 76.3 Å². The maximum absolute atomic E-state index is 13.3. The van der Waals surface area contributed by atoms with E-state index in [1.54, 1.807) is 23.2 Å². The van der Waals surface area contributed by atoms with Gasteiger partial charge < -0.3 is 15.0 Å². The van der Waals surface area contributed by atoms with Gasteiger partial charge in [-0.15, -0.1) is 11.3 Å². The number of thiazole rings is 1. The van der Waals surface area contributed by atoms with Gasteiger partial charge in [0.2, 0.25) is 5.91 Å². The lowest BCUT2D eigenvalue weighted by Crippen LogP contribution is -2.43. The molecule has 1 fully saturated rings. The van der Waals surface area contributed by atoms with E-state index in [4.69, 9.17) is 16.3 Å². The van der Waals surface area contributed by atoms with E-state index in [2.05, 4.69) is 10.3 Å². The number of para-hydroxylation sites is 1. The van der Waals surface area contributed by atoms with Crippen molar-refractivity contribution in [2.45, 2.75) is 19.4 Å². The average molecular weight is 456 g/mol. The summed E-state index contributed by atoms with van der Waals surface area (Å²) in [6, 6.07) is 14.6. The van der Waals surface area contributed by atoms with E-state index in [-0.39, 0.29) is 24.3 Å². The molecule has 1 aliphatic rings. The first kappa shape index (κ1) is 21.3. The number of aromatic nitrogens is 1. The number of carbonyl (C=O) groups excluding carboxylic acids is 2. The van der Waals surface area contributed by atoms with E-state index < -0.39 is 0 Å². The second-order valence-corrected chi connectivity index (χ2v) is 8.59. The van der Waals surface area contributed by atoms with E-state index in [1.165, 1.54) is 11.3 Å². The van der Waals surface area contributed by atoms with Crippen LogP contribution in [-0.2, 0) is 11.4 Å². The van der Waals surface area contributed by atoms with Crippen LogP contribution in [0.5, 0.6) is 5.75 Å². The second kappa shape index (κ2) is 9.94. The number of amides is 2. The molecule has 4 rings (SSSR count). The second-order valence-electron chi connectivity index (χ2n) is 7.29. The van der Waals surface area contributed by atoms with E-state index in [1.807, 2.05) is 41.8 Å². The number of nitrogens with one attached hydrogen (secondary N) is 1. The van der Waals surface area contributed by atoms with E-state index >= 15 is 0 Å². The summed E-state index contributed by atoms with van der Waals surface area (Å²) in [5, 5.41) is 5.85. The van der Waals surface area contributed by atoms with Gasteiger partial charge in [-0.3, -0.25) is 9.59 Å². The number of hydrogen-bond acceptors (Lipinski definition) is 5. The van der Waals surface area contributed by atoms with Crippen LogP contribution in [0.15, 0.2) is 60.1 Å². The minimum absolute atomic E-state index is 0.101. The molecule has 1 aromatic heterocycles. The van der Waals surface area contributed by atoms with Gasteiger partial charge in [0.1, 0.15) is 12.4 Å². The van der Waals surface area contributed by atoms with Crippen molar-refractivity contribution in [2.75, 3.05) is 18.4 Å². The lowest BCUT2D eigenvalue weighted by molar-refractivity contribution is -0.121. The third kappa shape index (κ3) is 5.24. The standard InChI is InChI=1S/C23H22ClN3O3S/c24-19-9-3-1-6-17(19)15-30-20-10-4-2-8-18(20)22(29)27-12-5-7-16(14-27)21(28)26-23-25-11-13-31-23/h1-4,6,8-11,13,16H,5,7,12,14-15H2,(H,25,26,28). The molecule has 2 heterocycles. The first-order valence-corrected chi connectivity index (χ1v) is 11.3. The molecule has 0 radical (unpaired) electrons. The van der Waals surface area contributed by atoms with Crippen molar-refractivity contribution in [2.24, 2.45) is 5.92 Å². The first-order valence-electron chi connectivity index (χ1n) is 10.1. The van der Waals surface area contributed by atoms with Crippen molar-refractivity contribution in [3.63, 3.8) is 0 Å². The molecule has 31 heavy (non-hydrogen) atoms. The Hall–Kier alpha value is -2.90. The van der Waals surface area contributed by atoms with Crippen molar-refractivity contribution in [1.29, 1.82) is 0 Å². The van der Waals surface area contributed by atoms with Crippen LogP contribution < -0.4 is 10.1 Å². The molecule has 0 saturated carbocycles. The van der Waals surface area contributed by atoms with Gasteiger partial charge >= 0.3 is 0 Å². The van der Waals surface area contributed by atoms with Crippen LogP contribution in [0.2, 0.25) is 5.02 Å². The molecule has 160 valence electrons. The normalized spacial score (nSPS) is 16.0. The van der Waals surface area contributed by atoms with Crippen LogP contribution >= 0.6 is 22.9 Å². The first-order chi connectivity index (χ1) is 15.1. The molecule has 1 N–H and O–H groups in total. The Morgan fingerprint density at radius 1 is 1.19 bits per heavy atom. The van der Waals surface area contributed by atoms with Gasteiger partial charge in [-0.25, -0.2) is 4.98 Å². The van der Waals surface area contributed by atoms with Gasteiger partial charge in [0.05, 0.1) is 11.5 Å². The maximum Gasteiger partial charge on any atom is 0.257 e. The third-order valence-corrected chi connectivity index (χ3v) is 6.26. The number of ether oxygens (including phenoxy) is 1. The molecular weight excluding hydrogens is 434 g/mol. The predicted octanol–water partition coefficient (Wildman–Crippen LogP) is 4.87. The number of nitrogens with zero attached hydrogens (tertiary/aromatic N) is 2. The summed E-state index contributed by atoms with van der Waals surface area (Å²) in [6.45, 7) is 1.25. The third-order valence-electron chi connectivity index (χ3n) is 5.20. The fourth-order valence-corrected chi connectivity index (χ4v) is 4.30. The van der Waals surface area contributed by atoms with Crippen LogP contribution in [-0.4, -0.2) is 34.8 Å². The summed E-state index contributed by atoms with van der Waals surface area (Å²) in [5.41, 5.74) is 1.33. The summed E-state index contributed by atoms with van der Waals surface area (Å²) >= 11 is 7.59. The van der Waals surface area contributed by atoms with Crippen LogP contribution in [0, 0.1) is 5.92 Å². The molecule has 0 bridgehead atoms. The van der Waals surface area contributed by atoms with E-state index in [0.29, 0.717) is 34.6 Å². The quantitative estimate of drug-likeness (QED) is 0.575. The number of carbonyl (C=O) groups is 2. The number of anilines is 1. The van der Waals surface area contributed by atoms with Crippen molar-refractivity contribution in [1.82, 2.24) is 9.88 Å². The van der Waals surface area contributed by atoms with Crippen LogP contribution in [0.4, 0.5) is 5.13 Å². The lowest BCUT2D eigenvalue weighted by Gasteiger charge is -2.32. The van der Waals surface area contributed by atoms with Gasteiger partial charge in [-0.05, 0) is 31.0 Å². The van der Waals surface area contributed by atoms with Crippen molar-refractivity contribution < 1.29 is 14.3 Å². The largest absolute Gasteiger partial charge is 0.488 e. The minimum Gasteiger partial charge on any atom is -0.488 e. The molecule has 3 aromatic rings. The Bertz CT molecular complexity index is 1060. The van der Waals surface area contributed by atoms with Crippen molar-refractivity contribution >= 4 is 39.9 Å². The number of halogens is 1. The fourth-order valence-electron chi connectivity index (χ4n) is 3.58. The van der Waals surface area contributed by atoms with Crippen molar-refractivity contribution in [3.8, 4) is 5.75 Å². The zero-order chi connectivity index (χ0) is 21.6. The Morgan fingerprint density at radius 2 is 2.00 bits per heavy atom. The van der Waals surface area contributed by atoms with Crippen LogP contribution in [0.25, 0.3) is 0 Å². The molecule has 1 saturated heterocycles. The minimum atomic E-state index is -0.266. The smallest absolute Gasteiger partial charge is 0.257 e. The van der Waals surface area contributed by atoms with E-state index in [9.17, 15) is 9.59 Å². The molecule has 2 aromatic carbocycles. The highest BCUT2D eigenvalue weighted by atomic mass is 35.5. The van der Waals surface area contributed by atoms with Gasteiger partial charge in [-0.2, -0.15) is 0 Å². The molecular formula is C23H22ClN3O3S. The summed E-state index contributed by atoms with van der Waals surface area (Å²) < 4.78 is 5.94. The molecule has 6 nitrogen and oxygen atoms in total. The highest BCUT2D eigenvalue weighted by molar-refractivity contribution is 7.13. The van der Waals surface area contributed by atoms with Gasteiger partial charge in [0, 0.05) is 35.3 Å². The monoisotopic (exact) mass is 455 g/mol. The molecule has 8 heteroatoms. The maximum atomic E-state index is 13.3. The summed E-state index contributed by atoms with van der Waals surface area (Å²) in [5.74, 6) is -0.00296. The zero-order valence-electron chi connectivity index (χ0n) is 16.8. The summed E-state index contributed by atoms with van der Waals surface area (Å²) in [7, 11) is 0. The van der Waals surface area contributed by atoms with E-state index in [0.717, 1.165) is 18.4 Å². The number of benzene rings is 2. The average Bonchev–Trinajstić information content (AvgIpc) is 3.31. The summed E-state index contributed by atoms with van der Waals surface area (Å²) in [4.78, 5) is 31.7. The molecule has 1 aliphatic heterocycles. The highest BCUT2D eigenvalue weighted by Gasteiger charge is 2.30. The molecule has 1 unspecified atom stereocenters. The number of piperidine rings is 1. The lowest BCUT2D eigenvalue weighted by atomic mass is 9.96. The Balaban J connectivity index is 1.44. The fraction of sp³-hybridized carbons (Fsp3) is 0.261. The number of likely N-dealkylation sites (tertiary alicyclic amines) is 1. The Morgan fingerprint density at radius 3 is 2.81 bits per heavy atom. The van der Waals surface area contributed by atoms with Gasteiger partial charge in [-0.1, -0.05) is 41.9 Å². The van der Waals surface area contributed by atoms with Crippen LogP contribution in [0.1, 0.15) is 28.8 Å². The topological polar surface area (TPSA) is 71.5 Å². The predicted molar refractivity (Wildman–Crippen MR) is 122 cm³/mol. The SMILES string of the molecule is O=C(Nc1nccs1)C1CCCN(C(=O)c2ccccc2OCc2ccccc2Cl)C1. The van der Waals surface area contributed by atoms with Crippen LogP contribution in [0.3, 0.4) is 0 Å². The number of rotatable bonds is 6. The van der Waals surface area contributed by atoms with Gasteiger partial charge in [0.15, 0.2) is 5.13 Å². The Kier molecular flexibility index (Phi) is 6.84. The number of hydrogen-bond donors (Lipinski definition) is 1. The van der Waals surface area contributed by atoms with Gasteiger partial charge in [0.25, 0.3) is 5.91 Å². The summed E-state index contributed by atoms with van der Waals surface area (Å²) in [6.07, 6.45) is 3.16. The molecule has 1 atom stereocenters. The molecule has 0 spiro atoms. The molecule has 2 amide bonds. The Labute approximate surface area is 189 Å². The molecule has 0 aliphatic carbocycles. The zero-order valence-corrected chi connectivity index (χ0v) is 18.4. The highest BCUT2D eigenvalue weighted by Crippen LogP contribution is 2.26.